The predicted octanol–water partition coefficient (Wildman–Crippen LogP) is 2.61. The molecule has 1 fully saturated rings. The molecule has 106 valence electrons. The Bertz CT molecular complexity index is 377. The first-order valence-corrected chi connectivity index (χ1v) is 7.34. The van der Waals surface area contributed by atoms with Crippen molar-refractivity contribution in [3.63, 3.8) is 0 Å². The Morgan fingerprint density at radius 3 is 2.79 bits per heavy atom. The van der Waals surface area contributed by atoms with Crippen LogP contribution in [0.15, 0.2) is 24.3 Å². The fraction of sp³-hybridized carbons (Fsp3) is 0.625. The fourth-order valence-electron chi connectivity index (χ4n) is 2.49. The molecule has 0 bridgehead atoms. The third-order valence-electron chi connectivity index (χ3n) is 3.83. The Balaban J connectivity index is 1.75. The summed E-state index contributed by atoms with van der Waals surface area (Å²) in [6.07, 6.45) is 4.81. The Morgan fingerprint density at radius 2 is 2.16 bits per heavy atom. The van der Waals surface area contributed by atoms with E-state index in [9.17, 15) is 0 Å². The first-order valence-electron chi connectivity index (χ1n) is 7.34. The normalized spacial score (nSPS) is 15.5. The summed E-state index contributed by atoms with van der Waals surface area (Å²) in [6, 6.07) is 8.90. The summed E-state index contributed by atoms with van der Waals surface area (Å²) < 4.78 is 5.81. The molecule has 1 aliphatic carbocycles. The number of rotatable bonds is 8. The molecule has 1 aromatic carbocycles. The standard InChI is InChI=1S/C16H25NO2/c1-14-5-2-8-16(13-14)19-12-10-17(9-4-11-18)15-6-3-7-15/h2,5,8,13,15,18H,3-4,6-7,9-12H2,1H3. The van der Waals surface area contributed by atoms with Gasteiger partial charge in [-0.25, -0.2) is 0 Å². The number of aliphatic hydroxyl groups excluding tert-OH is 1. The summed E-state index contributed by atoms with van der Waals surface area (Å²) in [5.41, 5.74) is 1.23. The van der Waals surface area contributed by atoms with Gasteiger partial charge in [0, 0.05) is 25.7 Å². The van der Waals surface area contributed by atoms with Gasteiger partial charge >= 0.3 is 0 Å². The molecule has 1 N–H and O–H groups in total. The first-order chi connectivity index (χ1) is 9.29. The van der Waals surface area contributed by atoms with Crippen molar-refractivity contribution >= 4 is 0 Å². The second-order valence-electron chi connectivity index (χ2n) is 5.36. The van der Waals surface area contributed by atoms with Gasteiger partial charge in [-0.15, -0.1) is 0 Å². The molecule has 0 aliphatic heterocycles. The van der Waals surface area contributed by atoms with E-state index in [-0.39, 0.29) is 6.61 Å². The number of benzene rings is 1. The lowest BCUT2D eigenvalue weighted by Gasteiger charge is -2.37. The van der Waals surface area contributed by atoms with Crippen molar-refractivity contribution in [2.75, 3.05) is 26.3 Å². The number of aryl methyl sites for hydroxylation is 1. The Hall–Kier alpha value is -1.06. The second kappa shape index (κ2) is 7.51. The smallest absolute Gasteiger partial charge is 0.119 e. The molecule has 0 saturated heterocycles. The average Bonchev–Trinajstić information content (AvgIpc) is 2.33. The van der Waals surface area contributed by atoms with Crippen LogP contribution in [-0.2, 0) is 0 Å². The molecule has 1 aliphatic rings. The zero-order chi connectivity index (χ0) is 13.5. The fourth-order valence-corrected chi connectivity index (χ4v) is 2.49. The molecule has 19 heavy (non-hydrogen) atoms. The first kappa shape index (κ1) is 14.4. The highest BCUT2D eigenvalue weighted by atomic mass is 16.5. The maximum absolute atomic E-state index is 8.96. The highest BCUT2D eigenvalue weighted by Crippen LogP contribution is 2.24. The van der Waals surface area contributed by atoms with Gasteiger partial charge in [0.05, 0.1) is 0 Å². The van der Waals surface area contributed by atoms with Gasteiger partial charge in [0.15, 0.2) is 0 Å². The van der Waals surface area contributed by atoms with Crippen molar-refractivity contribution in [1.82, 2.24) is 4.90 Å². The van der Waals surface area contributed by atoms with E-state index in [1.54, 1.807) is 0 Å². The van der Waals surface area contributed by atoms with E-state index in [4.69, 9.17) is 9.84 Å². The number of ether oxygens (including phenoxy) is 1. The van der Waals surface area contributed by atoms with E-state index in [0.29, 0.717) is 6.04 Å². The average molecular weight is 263 g/mol. The number of aliphatic hydroxyl groups is 1. The van der Waals surface area contributed by atoms with Crippen LogP contribution in [-0.4, -0.2) is 42.4 Å². The maximum atomic E-state index is 8.96. The van der Waals surface area contributed by atoms with Crippen LogP contribution in [0, 0.1) is 6.92 Å². The molecule has 0 radical (unpaired) electrons. The van der Waals surface area contributed by atoms with Crippen LogP contribution in [0.4, 0.5) is 0 Å². The molecule has 0 heterocycles. The van der Waals surface area contributed by atoms with Crippen molar-refractivity contribution in [2.45, 2.75) is 38.6 Å². The van der Waals surface area contributed by atoms with Crippen molar-refractivity contribution in [3.05, 3.63) is 29.8 Å². The lowest BCUT2D eigenvalue weighted by atomic mass is 9.91. The molecule has 0 spiro atoms. The van der Waals surface area contributed by atoms with E-state index >= 15 is 0 Å². The molecule has 2 rings (SSSR count). The van der Waals surface area contributed by atoms with Crippen molar-refractivity contribution in [2.24, 2.45) is 0 Å². The second-order valence-corrected chi connectivity index (χ2v) is 5.36. The summed E-state index contributed by atoms with van der Waals surface area (Å²) in [5, 5.41) is 8.96. The van der Waals surface area contributed by atoms with Gasteiger partial charge in [0.25, 0.3) is 0 Å². The van der Waals surface area contributed by atoms with Crippen LogP contribution in [0.3, 0.4) is 0 Å². The molecular weight excluding hydrogens is 238 g/mol. The lowest BCUT2D eigenvalue weighted by molar-refractivity contribution is 0.0984. The predicted molar refractivity (Wildman–Crippen MR) is 77.6 cm³/mol. The van der Waals surface area contributed by atoms with Crippen LogP contribution in [0.1, 0.15) is 31.2 Å². The quantitative estimate of drug-likeness (QED) is 0.782. The minimum atomic E-state index is 0.280. The monoisotopic (exact) mass is 263 g/mol. The van der Waals surface area contributed by atoms with Gasteiger partial charge in [-0.2, -0.15) is 0 Å². The van der Waals surface area contributed by atoms with Crippen LogP contribution < -0.4 is 4.74 Å². The maximum Gasteiger partial charge on any atom is 0.119 e. The molecule has 0 atom stereocenters. The zero-order valence-corrected chi connectivity index (χ0v) is 11.8. The van der Waals surface area contributed by atoms with E-state index in [0.717, 1.165) is 31.9 Å². The van der Waals surface area contributed by atoms with Crippen molar-refractivity contribution in [1.29, 1.82) is 0 Å². The molecule has 0 amide bonds. The Kier molecular flexibility index (Phi) is 5.67. The summed E-state index contributed by atoms with van der Waals surface area (Å²) in [6.45, 7) is 5.03. The van der Waals surface area contributed by atoms with Crippen LogP contribution in [0.5, 0.6) is 5.75 Å². The van der Waals surface area contributed by atoms with Crippen molar-refractivity contribution < 1.29 is 9.84 Å². The zero-order valence-electron chi connectivity index (χ0n) is 11.8. The van der Waals surface area contributed by atoms with Crippen molar-refractivity contribution in [3.8, 4) is 5.75 Å². The van der Waals surface area contributed by atoms with Gasteiger partial charge in [-0.3, -0.25) is 4.90 Å². The minimum Gasteiger partial charge on any atom is -0.492 e. The number of hydrogen-bond donors (Lipinski definition) is 1. The molecule has 3 heteroatoms. The van der Waals surface area contributed by atoms with Gasteiger partial charge in [0.2, 0.25) is 0 Å². The van der Waals surface area contributed by atoms with Gasteiger partial charge in [-0.1, -0.05) is 18.6 Å². The third kappa shape index (κ3) is 4.51. The summed E-state index contributed by atoms with van der Waals surface area (Å²) in [4.78, 5) is 2.47. The molecular formula is C16H25NO2. The largest absolute Gasteiger partial charge is 0.492 e. The van der Waals surface area contributed by atoms with E-state index in [1.165, 1.54) is 24.8 Å². The van der Waals surface area contributed by atoms with Crippen LogP contribution >= 0.6 is 0 Å². The summed E-state index contributed by atoms with van der Waals surface area (Å²) in [5.74, 6) is 0.954. The molecule has 3 nitrogen and oxygen atoms in total. The molecule has 0 unspecified atom stereocenters. The Labute approximate surface area is 116 Å². The minimum absolute atomic E-state index is 0.280. The van der Waals surface area contributed by atoms with E-state index in [2.05, 4.69) is 24.0 Å². The van der Waals surface area contributed by atoms with E-state index < -0.39 is 0 Å². The highest BCUT2D eigenvalue weighted by molar-refractivity contribution is 5.27. The van der Waals surface area contributed by atoms with Gasteiger partial charge in [0.1, 0.15) is 12.4 Å². The lowest BCUT2D eigenvalue weighted by Crippen LogP contribution is -2.43. The molecule has 0 aromatic heterocycles. The molecule has 1 saturated carbocycles. The summed E-state index contributed by atoms with van der Waals surface area (Å²) in [7, 11) is 0. The van der Waals surface area contributed by atoms with Gasteiger partial charge in [-0.05, 0) is 43.9 Å². The highest BCUT2D eigenvalue weighted by Gasteiger charge is 2.24. The van der Waals surface area contributed by atoms with Crippen LogP contribution in [0.25, 0.3) is 0 Å². The molecule has 1 aromatic rings. The third-order valence-corrected chi connectivity index (χ3v) is 3.83. The summed E-state index contributed by atoms with van der Waals surface area (Å²) >= 11 is 0. The topological polar surface area (TPSA) is 32.7 Å². The SMILES string of the molecule is Cc1cccc(OCCN(CCCO)C2CCC2)c1. The van der Waals surface area contributed by atoms with E-state index in [1.807, 2.05) is 12.1 Å². The van der Waals surface area contributed by atoms with Crippen LogP contribution in [0.2, 0.25) is 0 Å². The number of nitrogens with zero attached hydrogens (tertiary/aromatic N) is 1. The number of hydrogen-bond acceptors (Lipinski definition) is 3. The van der Waals surface area contributed by atoms with Gasteiger partial charge < -0.3 is 9.84 Å². The Morgan fingerprint density at radius 1 is 1.32 bits per heavy atom.